The number of aliphatic hydroxyl groups excluding tert-OH is 1. The molecular weight excluding hydrogens is 647 g/mol. The fourth-order valence-corrected chi connectivity index (χ4v) is 5.62. The summed E-state index contributed by atoms with van der Waals surface area (Å²) >= 11 is 0. The van der Waals surface area contributed by atoms with Crippen LogP contribution in [0, 0.1) is 0 Å². The number of carbonyl (C=O) groups excluding carboxylic acids is 1. The third-order valence-electron chi connectivity index (χ3n) is 7.74. The van der Waals surface area contributed by atoms with Crippen LogP contribution in [0.1, 0.15) is 136 Å². The third-order valence-corrected chi connectivity index (χ3v) is 8.72. The molecule has 0 saturated heterocycles. The van der Waals surface area contributed by atoms with Gasteiger partial charge in [0.25, 0.3) is 0 Å². The molecule has 0 fully saturated rings. The van der Waals surface area contributed by atoms with Gasteiger partial charge in [0.2, 0.25) is 5.91 Å². The number of nitrogens with one attached hydrogen (secondary N) is 1. The number of rotatable bonds is 34. The van der Waals surface area contributed by atoms with Gasteiger partial charge in [-0.05, 0) is 57.8 Å². The van der Waals surface area contributed by atoms with Crippen LogP contribution in [0.5, 0.6) is 0 Å². The van der Waals surface area contributed by atoms with Crippen LogP contribution in [-0.4, -0.2) is 47.8 Å². The second-order valence-corrected chi connectivity index (χ2v) is 13.9. The molecule has 1 amide bonds. The lowest BCUT2D eigenvalue weighted by Gasteiger charge is -2.23. The van der Waals surface area contributed by atoms with Gasteiger partial charge in [0, 0.05) is 13.0 Å². The van der Waals surface area contributed by atoms with E-state index in [-0.39, 0.29) is 32.1 Å². The molecule has 0 aliphatic rings. The van der Waals surface area contributed by atoms with Gasteiger partial charge in [0.15, 0.2) is 0 Å². The second kappa shape index (κ2) is 36.5. The Morgan fingerprint density at radius 3 is 1.66 bits per heavy atom. The number of aliphatic hydroxyl groups is 1. The zero-order chi connectivity index (χ0) is 36.8. The van der Waals surface area contributed by atoms with Crippen molar-refractivity contribution in [1.29, 1.82) is 0 Å². The zero-order valence-electron chi connectivity index (χ0n) is 31.3. The van der Waals surface area contributed by atoms with E-state index >= 15 is 0 Å². The van der Waals surface area contributed by atoms with Crippen LogP contribution in [0.25, 0.3) is 0 Å². The molecule has 0 saturated carbocycles. The average Bonchev–Trinajstić information content (AvgIpc) is 3.10. The van der Waals surface area contributed by atoms with Crippen LogP contribution in [0.15, 0.2) is 85.1 Å². The van der Waals surface area contributed by atoms with Crippen LogP contribution in [0.3, 0.4) is 0 Å². The van der Waals surface area contributed by atoms with Crippen LogP contribution in [0.4, 0.5) is 0 Å². The van der Waals surface area contributed by atoms with Crippen molar-refractivity contribution < 1.29 is 28.4 Å². The molecule has 0 spiro atoms. The minimum atomic E-state index is -4.36. The third kappa shape index (κ3) is 34.1. The van der Waals surface area contributed by atoms with Crippen LogP contribution in [0.2, 0.25) is 0 Å². The van der Waals surface area contributed by atoms with E-state index in [0.29, 0.717) is 6.42 Å². The van der Waals surface area contributed by atoms with E-state index in [1.165, 1.54) is 51.4 Å². The fraction of sp³-hybridized carbons (Fsp3) is 0.634. The standard InChI is InChI=1S/C41H71N2O6P/c1-3-5-7-9-11-13-15-17-18-19-20-21-22-23-25-27-29-31-33-35-41(45)43-39(38-49-50(46,47)48-37-36-42)40(44)34-32-30-28-26-24-16-14-12-10-8-6-4-2/h5,7,11,13,17-18,20-21,23,25,29,31-32,34,39-40,44H,3-4,6,8-10,12,14-16,19,22,24,26-28,30,33,35-38,42H2,1-2H3,(H,43,45)(H,46,47)/b7-5-,13-11-,18-17-,21-20-,25-23-,31-29-,34-32+. The summed E-state index contributed by atoms with van der Waals surface area (Å²) in [6.45, 7) is 3.92. The average molecular weight is 719 g/mol. The molecule has 286 valence electrons. The van der Waals surface area contributed by atoms with Gasteiger partial charge in [-0.25, -0.2) is 4.57 Å². The SMILES string of the molecule is CC/C=C\C/C=C\C/C=C\C/C=C\C/C=C\C/C=C\CCC(=O)NC(COP(=O)(O)OCCN)C(O)/C=C/CCCCCCCCCCCC. The number of unbranched alkanes of at least 4 members (excludes halogenated alkanes) is 10. The highest BCUT2D eigenvalue weighted by Gasteiger charge is 2.26. The first-order valence-corrected chi connectivity index (χ1v) is 20.7. The van der Waals surface area contributed by atoms with Crippen LogP contribution >= 0.6 is 7.82 Å². The Bertz CT molecular complexity index is 1050. The topological polar surface area (TPSA) is 131 Å². The van der Waals surface area contributed by atoms with Gasteiger partial charge >= 0.3 is 7.82 Å². The Labute approximate surface area is 305 Å². The van der Waals surface area contributed by atoms with Gasteiger partial charge in [-0.1, -0.05) is 157 Å². The van der Waals surface area contributed by atoms with E-state index in [4.69, 9.17) is 14.8 Å². The van der Waals surface area contributed by atoms with Gasteiger partial charge in [-0.15, -0.1) is 0 Å². The fourth-order valence-electron chi connectivity index (χ4n) is 4.86. The Morgan fingerprint density at radius 2 is 1.16 bits per heavy atom. The molecule has 0 radical (unpaired) electrons. The summed E-state index contributed by atoms with van der Waals surface area (Å²) in [5, 5.41) is 13.5. The smallest absolute Gasteiger partial charge is 0.387 e. The molecule has 0 bridgehead atoms. The largest absolute Gasteiger partial charge is 0.472 e. The monoisotopic (exact) mass is 719 g/mol. The highest BCUT2D eigenvalue weighted by atomic mass is 31.2. The van der Waals surface area contributed by atoms with E-state index in [9.17, 15) is 19.4 Å². The van der Waals surface area contributed by atoms with E-state index in [2.05, 4.69) is 79.9 Å². The molecule has 8 nitrogen and oxygen atoms in total. The summed E-state index contributed by atoms with van der Waals surface area (Å²) < 4.78 is 22.0. The molecular formula is C41H71N2O6P. The van der Waals surface area contributed by atoms with E-state index in [0.717, 1.165) is 57.8 Å². The van der Waals surface area contributed by atoms with E-state index < -0.39 is 20.0 Å². The molecule has 0 aromatic heterocycles. The minimum absolute atomic E-state index is 0.0625. The van der Waals surface area contributed by atoms with Crippen molar-refractivity contribution in [3.8, 4) is 0 Å². The minimum Gasteiger partial charge on any atom is -0.387 e. The predicted octanol–water partition coefficient (Wildman–Crippen LogP) is 10.3. The highest BCUT2D eigenvalue weighted by molar-refractivity contribution is 7.47. The van der Waals surface area contributed by atoms with Gasteiger partial charge < -0.3 is 21.1 Å². The van der Waals surface area contributed by atoms with Gasteiger partial charge in [-0.3, -0.25) is 13.8 Å². The molecule has 0 rings (SSSR count). The Morgan fingerprint density at radius 1 is 0.680 bits per heavy atom. The lowest BCUT2D eigenvalue weighted by molar-refractivity contribution is -0.122. The number of hydrogen-bond donors (Lipinski definition) is 4. The number of amides is 1. The summed E-state index contributed by atoms with van der Waals surface area (Å²) in [7, 11) is -4.36. The number of carbonyl (C=O) groups is 1. The summed E-state index contributed by atoms with van der Waals surface area (Å²) in [6, 6.07) is -0.904. The van der Waals surface area contributed by atoms with Gasteiger partial charge in [0.1, 0.15) is 0 Å². The first-order chi connectivity index (χ1) is 24.4. The quantitative estimate of drug-likeness (QED) is 0.0296. The number of allylic oxidation sites excluding steroid dienone is 13. The van der Waals surface area contributed by atoms with Crippen molar-refractivity contribution in [1.82, 2.24) is 5.32 Å². The van der Waals surface area contributed by atoms with Crippen molar-refractivity contribution in [3.63, 3.8) is 0 Å². The van der Waals surface area contributed by atoms with Crippen molar-refractivity contribution in [2.24, 2.45) is 5.73 Å². The Balaban J connectivity index is 4.46. The molecule has 0 aliphatic carbocycles. The predicted molar refractivity (Wildman–Crippen MR) is 212 cm³/mol. The second-order valence-electron chi connectivity index (χ2n) is 12.4. The summed E-state index contributed by atoms with van der Waals surface area (Å²) in [5.41, 5.74) is 5.35. The van der Waals surface area contributed by atoms with Crippen LogP contribution < -0.4 is 11.1 Å². The molecule has 50 heavy (non-hydrogen) atoms. The Hall–Kier alpha value is -2.32. The van der Waals surface area contributed by atoms with Crippen molar-refractivity contribution in [2.75, 3.05) is 19.8 Å². The number of nitrogens with two attached hydrogens (primary N) is 1. The zero-order valence-corrected chi connectivity index (χ0v) is 32.2. The molecule has 0 aromatic rings. The number of phosphoric acid groups is 1. The van der Waals surface area contributed by atoms with Crippen molar-refractivity contribution in [3.05, 3.63) is 85.1 Å². The summed E-state index contributed by atoms with van der Waals surface area (Å²) in [6.07, 6.45) is 47.8. The molecule has 0 heterocycles. The normalized spacial score (nSPS) is 15.2. The van der Waals surface area contributed by atoms with Crippen LogP contribution in [-0.2, 0) is 18.4 Å². The maximum Gasteiger partial charge on any atom is 0.472 e. The molecule has 0 aliphatic heterocycles. The van der Waals surface area contributed by atoms with Gasteiger partial charge in [0.05, 0.1) is 25.4 Å². The number of phosphoric ester groups is 1. The highest BCUT2D eigenvalue weighted by Crippen LogP contribution is 2.43. The maximum absolute atomic E-state index is 12.7. The lowest BCUT2D eigenvalue weighted by Crippen LogP contribution is -2.45. The van der Waals surface area contributed by atoms with Crippen molar-refractivity contribution >= 4 is 13.7 Å². The number of hydrogen-bond acceptors (Lipinski definition) is 6. The first kappa shape index (κ1) is 47.7. The summed E-state index contributed by atoms with van der Waals surface area (Å²) in [5.74, 6) is -0.282. The van der Waals surface area contributed by atoms with Crippen molar-refractivity contribution in [2.45, 2.75) is 148 Å². The lowest BCUT2D eigenvalue weighted by atomic mass is 10.1. The molecule has 5 N–H and O–H groups in total. The molecule has 9 heteroatoms. The Kier molecular flexibility index (Phi) is 34.8. The van der Waals surface area contributed by atoms with Gasteiger partial charge in [-0.2, -0.15) is 0 Å². The molecule has 0 aromatic carbocycles. The van der Waals surface area contributed by atoms with E-state index in [1.54, 1.807) is 6.08 Å². The summed E-state index contributed by atoms with van der Waals surface area (Å²) in [4.78, 5) is 22.6. The maximum atomic E-state index is 12.7. The molecule has 3 unspecified atom stereocenters. The molecule has 3 atom stereocenters. The first-order valence-electron chi connectivity index (χ1n) is 19.2. The van der Waals surface area contributed by atoms with E-state index in [1.807, 2.05) is 18.2 Å².